The summed E-state index contributed by atoms with van der Waals surface area (Å²) in [4.78, 5) is 11.1. The molecule has 1 fully saturated rings. The quantitative estimate of drug-likeness (QED) is 0.279. The first-order valence-electron chi connectivity index (χ1n) is 3.87. The van der Waals surface area contributed by atoms with Gasteiger partial charge in [-0.1, -0.05) is 0 Å². The number of cyclic esters (lactones) is 1. The molecule has 0 aromatic carbocycles. The molecule has 0 aromatic heterocycles. The van der Waals surface area contributed by atoms with Crippen LogP contribution in [-0.4, -0.2) is 23.4 Å². The minimum Gasteiger partial charge on any atom is -0.465 e. The Labute approximate surface area is 81.3 Å². The maximum absolute atomic E-state index is 11.1. The van der Waals surface area contributed by atoms with Gasteiger partial charge < -0.3 is 10.5 Å². The molecule has 13 heavy (non-hydrogen) atoms. The molecule has 5 nitrogen and oxygen atoms in total. The summed E-state index contributed by atoms with van der Waals surface area (Å²) in [5.41, 5.74) is 8.25. The molecule has 3 N–H and O–H groups in total. The van der Waals surface area contributed by atoms with E-state index in [1.54, 1.807) is 6.92 Å². The van der Waals surface area contributed by atoms with Gasteiger partial charge in [0.05, 0.1) is 12.5 Å². The van der Waals surface area contributed by atoms with Crippen LogP contribution in [0.25, 0.3) is 0 Å². The number of esters is 1. The van der Waals surface area contributed by atoms with E-state index in [4.69, 9.17) is 10.5 Å². The lowest BCUT2D eigenvalue weighted by Crippen LogP contribution is -2.27. The average Bonchev–Trinajstić information content (AvgIpc) is 2.47. The molecule has 1 saturated heterocycles. The lowest BCUT2D eigenvalue weighted by atomic mass is 10.0. The fraction of sp³-hybridized carbons (Fsp3) is 0.571. The summed E-state index contributed by atoms with van der Waals surface area (Å²) in [7, 11) is 0. The van der Waals surface area contributed by atoms with Crippen LogP contribution in [0.2, 0.25) is 0 Å². The van der Waals surface area contributed by atoms with Crippen molar-refractivity contribution in [1.82, 2.24) is 5.43 Å². The van der Waals surface area contributed by atoms with Gasteiger partial charge in [0.1, 0.15) is 0 Å². The average molecular weight is 201 g/mol. The van der Waals surface area contributed by atoms with Crippen molar-refractivity contribution in [3.8, 4) is 0 Å². The van der Waals surface area contributed by atoms with Crippen LogP contribution >= 0.6 is 12.2 Å². The van der Waals surface area contributed by atoms with E-state index in [2.05, 4.69) is 22.7 Å². The number of carbonyl (C=O) groups excluding carboxylic acids is 1. The SMILES string of the molecule is C/C(=N/NC(N)=S)[C@@H]1CCOC1=O. The second kappa shape index (κ2) is 4.18. The van der Waals surface area contributed by atoms with Crippen molar-refractivity contribution in [3.05, 3.63) is 0 Å². The molecule has 6 heteroatoms. The Hall–Kier alpha value is -1.17. The number of hydrogen-bond donors (Lipinski definition) is 2. The number of hydrogen-bond acceptors (Lipinski definition) is 4. The van der Waals surface area contributed by atoms with Crippen molar-refractivity contribution in [1.29, 1.82) is 0 Å². The Morgan fingerprint density at radius 1 is 1.85 bits per heavy atom. The fourth-order valence-corrected chi connectivity index (χ4v) is 1.14. The Kier molecular flexibility index (Phi) is 3.18. The van der Waals surface area contributed by atoms with E-state index in [0.717, 1.165) is 0 Å². The van der Waals surface area contributed by atoms with E-state index >= 15 is 0 Å². The van der Waals surface area contributed by atoms with E-state index in [-0.39, 0.29) is 17.0 Å². The summed E-state index contributed by atoms with van der Waals surface area (Å²) in [6, 6.07) is 0. The van der Waals surface area contributed by atoms with Gasteiger partial charge in [-0.05, 0) is 19.1 Å². The summed E-state index contributed by atoms with van der Waals surface area (Å²) < 4.78 is 4.78. The van der Waals surface area contributed by atoms with Gasteiger partial charge in [0.25, 0.3) is 0 Å². The molecule has 0 aromatic rings. The first kappa shape index (κ1) is 9.91. The van der Waals surface area contributed by atoms with Crippen molar-refractivity contribution in [2.45, 2.75) is 13.3 Å². The van der Waals surface area contributed by atoms with Crippen LogP contribution < -0.4 is 11.2 Å². The molecular formula is C7H11N3O2S. The molecule has 0 aliphatic carbocycles. The fourth-order valence-electron chi connectivity index (χ4n) is 1.10. The lowest BCUT2D eigenvalue weighted by molar-refractivity contribution is -0.139. The predicted octanol–water partition coefficient (Wildman–Crippen LogP) is -0.241. The number of thiocarbonyl (C=S) groups is 1. The highest BCUT2D eigenvalue weighted by Gasteiger charge is 2.28. The molecule has 1 aliphatic heterocycles. The number of ether oxygens (including phenoxy) is 1. The Bertz CT molecular complexity index is 264. The van der Waals surface area contributed by atoms with Crippen molar-refractivity contribution in [2.75, 3.05) is 6.61 Å². The van der Waals surface area contributed by atoms with Gasteiger partial charge in [-0.25, -0.2) is 0 Å². The highest BCUT2D eigenvalue weighted by Crippen LogP contribution is 2.15. The molecule has 1 rings (SSSR count). The highest BCUT2D eigenvalue weighted by molar-refractivity contribution is 7.80. The molecule has 1 atom stereocenters. The van der Waals surface area contributed by atoms with E-state index in [1.807, 2.05) is 0 Å². The second-order valence-electron chi connectivity index (χ2n) is 2.74. The third kappa shape index (κ3) is 2.66. The van der Waals surface area contributed by atoms with Crippen molar-refractivity contribution < 1.29 is 9.53 Å². The maximum Gasteiger partial charge on any atom is 0.314 e. The third-order valence-electron chi connectivity index (χ3n) is 1.78. The summed E-state index contributed by atoms with van der Waals surface area (Å²) in [6.07, 6.45) is 0.674. The minimum atomic E-state index is -0.248. The maximum atomic E-state index is 11.1. The van der Waals surface area contributed by atoms with Crippen molar-refractivity contribution >= 4 is 29.0 Å². The minimum absolute atomic E-state index is 0.0886. The van der Waals surface area contributed by atoms with Crippen molar-refractivity contribution in [3.63, 3.8) is 0 Å². The second-order valence-corrected chi connectivity index (χ2v) is 3.18. The van der Waals surface area contributed by atoms with Crippen LogP contribution in [0.3, 0.4) is 0 Å². The van der Waals surface area contributed by atoms with E-state index < -0.39 is 0 Å². The molecule has 0 spiro atoms. The third-order valence-corrected chi connectivity index (χ3v) is 1.87. The molecular weight excluding hydrogens is 190 g/mol. The highest BCUT2D eigenvalue weighted by atomic mass is 32.1. The van der Waals surface area contributed by atoms with E-state index in [9.17, 15) is 4.79 Å². The molecule has 1 aliphatic rings. The van der Waals surface area contributed by atoms with Gasteiger partial charge in [-0.3, -0.25) is 10.2 Å². The van der Waals surface area contributed by atoms with Crippen molar-refractivity contribution in [2.24, 2.45) is 16.8 Å². The summed E-state index contributed by atoms with van der Waals surface area (Å²) in [6.45, 7) is 2.20. The zero-order valence-corrected chi connectivity index (χ0v) is 8.06. The van der Waals surface area contributed by atoms with Crippen LogP contribution in [0.15, 0.2) is 5.10 Å². The van der Waals surface area contributed by atoms with E-state index in [0.29, 0.717) is 18.7 Å². The summed E-state index contributed by atoms with van der Waals surface area (Å²) in [5, 5.41) is 3.94. The van der Waals surface area contributed by atoms with Gasteiger partial charge in [0.15, 0.2) is 5.11 Å². The Morgan fingerprint density at radius 2 is 2.54 bits per heavy atom. The van der Waals surface area contributed by atoms with Crippen LogP contribution in [0.5, 0.6) is 0 Å². The van der Waals surface area contributed by atoms with Crippen LogP contribution in [-0.2, 0) is 9.53 Å². The first-order valence-corrected chi connectivity index (χ1v) is 4.28. The number of rotatable bonds is 2. The molecule has 0 amide bonds. The largest absolute Gasteiger partial charge is 0.465 e. The lowest BCUT2D eigenvalue weighted by Gasteiger charge is -2.04. The smallest absolute Gasteiger partial charge is 0.314 e. The predicted molar refractivity (Wildman–Crippen MR) is 52.1 cm³/mol. The monoisotopic (exact) mass is 201 g/mol. The van der Waals surface area contributed by atoms with Gasteiger partial charge in [-0.2, -0.15) is 5.10 Å². The summed E-state index contributed by atoms with van der Waals surface area (Å²) in [5.74, 6) is -0.479. The summed E-state index contributed by atoms with van der Waals surface area (Å²) >= 11 is 4.56. The Morgan fingerprint density at radius 3 is 3.00 bits per heavy atom. The topological polar surface area (TPSA) is 76.7 Å². The number of nitrogens with zero attached hydrogens (tertiary/aromatic N) is 1. The van der Waals surface area contributed by atoms with Crippen LogP contribution in [0.1, 0.15) is 13.3 Å². The molecule has 0 saturated carbocycles. The number of carbonyl (C=O) groups is 1. The van der Waals surface area contributed by atoms with Gasteiger partial charge in [0, 0.05) is 12.1 Å². The molecule has 0 radical (unpaired) electrons. The normalized spacial score (nSPS) is 22.7. The number of hydrazone groups is 1. The van der Waals surface area contributed by atoms with E-state index in [1.165, 1.54) is 0 Å². The molecule has 72 valence electrons. The Balaban J connectivity index is 2.55. The number of nitrogens with one attached hydrogen (secondary N) is 1. The molecule has 1 heterocycles. The molecule has 0 unspecified atom stereocenters. The van der Waals surface area contributed by atoms with Crippen LogP contribution in [0.4, 0.5) is 0 Å². The zero-order valence-electron chi connectivity index (χ0n) is 7.24. The van der Waals surface area contributed by atoms with Crippen LogP contribution in [0, 0.1) is 5.92 Å². The zero-order chi connectivity index (χ0) is 9.84. The van der Waals surface area contributed by atoms with Gasteiger partial charge >= 0.3 is 5.97 Å². The standard InChI is InChI=1S/C7H11N3O2S/c1-4(9-10-7(8)13)5-2-3-12-6(5)11/h5H,2-3H2,1H3,(H3,8,10,13)/b9-4-/t5-/m0/s1. The first-order chi connectivity index (χ1) is 6.11. The van der Waals surface area contributed by atoms with Gasteiger partial charge in [-0.15, -0.1) is 0 Å². The van der Waals surface area contributed by atoms with Gasteiger partial charge in [0.2, 0.25) is 0 Å². The molecule has 0 bridgehead atoms. The number of nitrogens with two attached hydrogens (primary N) is 1.